The van der Waals surface area contributed by atoms with Crippen LogP contribution < -0.4 is 4.90 Å². The fraction of sp³-hybridized carbons (Fsp3) is 0.286. The summed E-state index contributed by atoms with van der Waals surface area (Å²) in [5.74, 6) is -0.824. The Labute approximate surface area is 112 Å². The molecule has 0 aliphatic carbocycles. The van der Waals surface area contributed by atoms with Gasteiger partial charge in [0.2, 0.25) is 0 Å². The highest BCUT2D eigenvalue weighted by Crippen LogP contribution is 2.13. The molecular formula is C14H17N3O2. The van der Waals surface area contributed by atoms with Crippen LogP contribution in [-0.4, -0.2) is 33.9 Å². The van der Waals surface area contributed by atoms with Gasteiger partial charge in [0, 0.05) is 25.5 Å². The van der Waals surface area contributed by atoms with Crippen molar-refractivity contribution in [2.75, 3.05) is 18.0 Å². The van der Waals surface area contributed by atoms with Gasteiger partial charge in [-0.1, -0.05) is 18.2 Å². The number of carboxylic acids is 1. The summed E-state index contributed by atoms with van der Waals surface area (Å²) in [5.41, 5.74) is 2.03. The van der Waals surface area contributed by atoms with E-state index in [1.165, 1.54) is 0 Å². The predicted octanol–water partition coefficient (Wildman–Crippen LogP) is 1.55. The SMILES string of the molecule is Cn1cc(CCN(CC(=O)O)c2ccccc2)cn1. The van der Waals surface area contributed by atoms with Gasteiger partial charge in [-0.2, -0.15) is 5.10 Å². The highest BCUT2D eigenvalue weighted by atomic mass is 16.4. The Morgan fingerprint density at radius 2 is 2.11 bits per heavy atom. The molecule has 0 atom stereocenters. The highest BCUT2D eigenvalue weighted by Gasteiger charge is 2.10. The standard InChI is InChI=1S/C14H17N3O2/c1-16-10-12(9-15-16)7-8-17(11-14(18)19)13-5-3-2-4-6-13/h2-6,9-10H,7-8,11H2,1H3,(H,18,19). The predicted molar refractivity (Wildman–Crippen MR) is 73.2 cm³/mol. The number of carbonyl (C=O) groups is 1. The number of aromatic nitrogens is 2. The van der Waals surface area contributed by atoms with Crippen molar-refractivity contribution in [3.8, 4) is 0 Å². The van der Waals surface area contributed by atoms with Crippen LogP contribution in [-0.2, 0) is 18.3 Å². The summed E-state index contributed by atoms with van der Waals surface area (Å²) >= 11 is 0. The van der Waals surface area contributed by atoms with Gasteiger partial charge in [0.25, 0.3) is 0 Å². The van der Waals surface area contributed by atoms with Crippen LogP contribution in [0.4, 0.5) is 5.69 Å². The fourth-order valence-electron chi connectivity index (χ4n) is 1.97. The highest BCUT2D eigenvalue weighted by molar-refractivity contribution is 5.73. The molecule has 0 fully saturated rings. The monoisotopic (exact) mass is 259 g/mol. The van der Waals surface area contributed by atoms with E-state index < -0.39 is 5.97 Å². The quantitative estimate of drug-likeness (QED) is 0.855. The fourth-order valence-corrected chi connectivity index (χ4v) is 1.97. The first-order chi connectivity index (χ1) is 9.15. The van der Waals surface area contributed by atoms with Crippen molar-refractivity contribution in [2.45, 2.75) is 6.42 Å². The molecule has 0 amide bonds. The molecule has 0 aliphatic rings. The van der Waals surface area contributed by atoms with E-state index in [2.05, 4.69) is 5.10 Å². The Bertz CT molecular complexity index is 537. The lowest BCUT2D eigenvalue weighted by atomic mass is 10.2. The van der Waals surface area contributed by atoms with E-state index in [-0.39, 0.29) is 6.54 Å². The number of nitrogens with zero attached hydrogens (tertiary/aromatic N) is 3. The normalized spacial score (nSPS) is 10.4. The van der Waals surface area contributed by atoms with Crippen molar-refractivity contribution in [3.05, 3.63) is 48.3 Å². The molecule has 0 unspecified atom stereocenters. The first kappa shape index (κ1) is 13.1. The van der Waals surface area contributed by atoms with E-state index in [0.717, 1.165) is 17.7 Å². The number of benzene rings is 1. The van der Waals surface area contributed by atoms with Gasteiger partial charge in [0.15, 0.2) is 0 Å². The zero-order chi connectivity index (χ0) is 13.7. The van der Waals surface area contributed by atoms with Gasteiger partial charge in [-0.05, 0) is 24.1 Å². The number of hydrogen-bond acceptors (Lipinski definition) is 3. The molecule has 0 aliphatic heterocycles. The maximum atomic E-state index is 10.9. The van der Waals surface area contributed by atoms with Crippen LogP contribution >= 0.6 is 0 Å². The minimum Gasteiger partial charge on any atom is -0.480 e. The summed E-state index contributed by atoms with van der Waals surface area (Å²) in [6, 6.07) is 9.59. The summed E-state index contributed by atoms with van der Waals surface area (Å²) < 4.78 is 1.75. The number of carboxylic acid groups (broad SMARTS) is 1. The van der Waals surface area contributed by atoms with Gasteiger partial charge in [-0.15, -0.1) is 0 Å². The van der Waals surface area contributed by atoms with E-state index >= 15 is 0 Å². The molecule has 5 nitrogen and oxygen atoms in total. The van der Waals surface area contributed by atoms with Crippen LogP contribution in [0.25, 0.3) is 0 Å². The van der Waals surface area contributed by atoms with Crippen LogP contribution in [0, 0.1) is 0 Å². The minimum absolute atomic E-state index is 0.00424. The number of anilines is 1. The van der Waals surface area contributed by atoms with Gasteiger partial charge < -0.3 is 10.0 Å². The Hall–Kier alpha value is -2.30. The van der Waals surface area contributed by atoms with Crippen molar-refractivity contribution in [1.29, 1.82) is 0 Å². The Morgan fingerprint density at radius 3 is 2.68 bits per heavy atom. The minimum atomic E-state index is -0.824. The summed E-state index contributed by atoms with van der Waals surface area (Å²) in [5, 5.41) is 13.1. The third kappa shape index (κ3) is 3.84. The van der Waals surface area contributed by atoms with Crippen molar-refractivity contribution >= 4 is 11.7 Å². The molecule has 100 valence electrons. The molecule has 0 spiro atoms. The number of aliphatic carboxylic acids is 1. The molecule has 1 aromatic carbocycles. The second-order valence-electron chi connectivity index (χ2n) is 4.42. The molecule has 2 rings (SSSR count). The largest absolute Gasteiger partial charge is 0.480 e. The lowest BCUT2D eigenvalue weighted by molar-refractivity contribution is -0.135. The summed E-state index contributed by atoms with van der Waals surface area (Å²) in [4.78, 5) is 12.8. The molecule has 1 heterocycles. The van der Waals surface area contributed by atoms with Crippen LogP contribution in [0.2, 0.25) is 0 Å². The van der Waals surface area contributed by atoms with Crippen molar-refractivity contribution in [1.82, 2.24) is 9.78 Å². The Balaban J connectivity index is 2.04. The second-order valence-corrected chi connectivity index (χ2v) is 4.42. The van der Waals surface area contributed by atoms with Crippen molar-refractivity contribution < 1.29 is 9.90 Å². The zero-order valence-electron chi connectivity index (χ0n) is 10.9. The van der Waals surface area contributed by atoms with Gasteiger partial charge in [0.1, 0.15) is 6.54 Å². The molecule has 2 aromatic rings. The molecule has 0 saturated carbocycles. The average molecular weight is 259 g/mol. The van der Waals surface area contributed by atoms with Gasteiger partial charge in [0.05, 0.1) is 6.20 Å². The van der Waals surface area contributed by atoms with Gasteiger partial charge in [-0.3, -0.25) is 9.48 Å². The van der Waals surface area contributed by atoms with Gasteiger partial charge in [-0.25, -0.2) is 0 Å². The third-order valence-electron chi connectivity index (χ3n) is 2.88. The molecule has 0 saturated heterocycles. The first-order valence-corrected chi connectivity index (χ1v) is 6.14. The molecular weight excluding hydrogens is 242 g/mol. The number of hydrogen-bond donors (Lipinski definition) is 1. The maximum absolute atomic E-state index is 10.9. The number of rotatable bonds is 6. The van der Waals surface area contributed by atoms with E-state index in [9.17, 15) is 4.79 Å². The average Bonchev–Trinajstić information content (AvgIpc) is 2.81. The van der Waals surface area contributed by atoms with Crippen molar-refractivity contribution in [2.24, 2.45) is 7.05 Å². The van der Waals surface area contributed by atoms with Crippen LogP contribution in [0.3, 0.4) is 0 Å². The Morgan fingerprint density at radius 1 is 1.37 bits per heavy atom. The van der Waals surface area contributed by atoms with E-state index in [1.807, 2.05) is 54.7 Å². The van der Waals surface area contributed by atoms with Crippen LogP contribution in [0.1, 0.15) is 5.56 Å². The van der Waals surface area contributed by atoms with Crippen LogP contribution in [0.15, 0.2) is 42.7 Å². The third-order valence-corrected chi connectivity index (χ3v) is 2.88. The lowest BCUT2D eigenvalue weighted by Gasteiger charge is -2.22. The van der Waals surface area contributed by atoms with Crippen LogP contribution in [0.5, 0.6) is 0 Å². The molecule has 19 heavy (non-hydrogen) atoms. The Kier molecular flexibility index (Phi) is 4.18. The topological polar surface area (TPSA) is 58.4 Å². The first-order valence-electron chi connectivity index (χ1n) is 6.14. The number of aryl methyl sites for hydroxylation is 1. The lowest BCUT2D eigenvalue weighted by Crippen LogP contribution is -2.31. The van der Waals surface area contributed by atoms with Gasteiger partial charge >= 0.3 is 5.97 Å². The summed E-state index contributed by atoms with van der Waals surface area (Å²) in [6.45, 7) is 0.659. The zero-order valence-corrected chi connectivity index (χ0v) is 10.9. The smallest absolute Gasteiger partial charge is 0.323 e. The molecule has 0 radical (unpaired) electrons. The molecule has 0 bridgehead atoms. The second kappa shape index (κ2) is 6.04. The summed E-state index contributed by atoms with van der Waals surface area (Å²) in [6.07, 6.45) is 4.53. The summed E-state index contributed by atoms with van der Waals surface area (Å²) in [7, 11) is 1.87. The van der Waals surface area contributed by atoms with Crippen molar-refractivity contribution in [3.63, 3.8) is 0 Å². The molecule has 1 N–H and O–H groups in total. The van der Waals surface area contributed by atoms with E-state index in [0.29, 0.717) is 6.54 Å². The van der Waals surface area contributed by atoms with E-state index in [1.54, 1.807) is 4.68 Å². The molecule has 5 heteroatoms. The number of para-hydroxylation sites is 1. The molecule has 1 aromatic heterocycles. The van der Waals surface area contributed by atoms with E-state index in [4.69, 9.17) is 5.11 Å². The maximum Gasteiger partial charge on any atom is 0.323 e.